The first-order valence-electron chi connectivity index (χ1n) is 7.28. The van der Waals surface area contributed by atoms with Crippen molar-refractivity contribution in [3.63, 3.8) is 0 Å². The molecule has 0 aromatic heterocycles. The minimum Gasteiger partial charge on any atom is -0.0843 e. The van der Waals surface area contributed by atoms with Crippen LogP contribution >= 0.6 is 11.6 Å². The third kappa shape index (κ3) is 3.13. The SMILES string of the molecule is CC(C)C[C@@H]([S+](C)C)C1(c2ccc(Cl)cc2)CCC1. The Labute approximate surface area is 126 Å². The van der Waals surface area contributed by atoms with Crippen molar-refractivity contribution < 1.29 is 0 Å². The Bertz CT molecular complexity index is 404. The smallest absolute Gasteiger partial charge is 0.0843 e. The first-order chi connectivity index (χ1) is 8.95. The van der Waals surface area contributed by atoms with Gasteiger partial charge in [0.2, 0.25) is 0 Å². The molecular formula is C17H26ClS+. The minimum absolute atomic E-state index is 0.432. The van der Waals surface area contributed by atoms with Gasteiger partial charge in [0.15, 0.2) is 0 Å². The lowest BCUT2D eigenvalue weighted by atomic mass is 9.61. The van der Waals surface area contributed by atoms with E-state index in [0.29, 0.717) is 16.3 Å². The van der Waals surface area contributed by atoms with Crippen LogP contribution in [-0.2, 0) is 16.3 Å². The van der Waals surface area contributed by atoms with E-state index in [2.05, 4.69) is 50.6 Å². The van der Waals surface area contributed by atoms with Crippen LogP contribution < -0.4 is 0 Å². The second-order valence-electron chi connectivity index (χ2n) is 6.51. The van der Waals surface area contributed by atoms with Gasteiger partial charge in [0.25, 0.3) is 0 Å². The van der Waals surface area contributed by atoms with Crippen molar-refractivity contribution in [3.8, 4) is 0 Å². The third-order valence-electron chi connectivity index (χ3n) is 4.54. The van der Waals surface area contributed by atoms with Crippen LogP contribution in [0.5, 0.6) is 0 Å². The molecule has 0 radical (unpaired) electrons. The normalized spacial score (nSPS) is 19.5. The van der Waals surface area contributed by atoms with Crippen LogP contribution in [0.2, 0.25) is 5.02 Å². The lowest BCUT2D eigenvalue weighted by Crippen LogP contribution is -2.49. The second-order valence-corrected chi connectivity index (χ2v) is 9.28. The summed E-state index contributed by atoms with van der Waals surface area (Å²) in [6, 6.07) is 8.66. The average molecular weight is 298 g/mol. The summed E-state index contributed by atoms with van der Waals surface area (Å²) < 4.78 is 0. The molecule has 1 saturated carbocycles. The summed E-state index contributed by atoms with van der Waals surface area (Å²) in [5, 5.41) is 1.67. The number of rotatable bonds is 5. The van der Waals surface area contributed by atoms with E-state index in [4.69, 9.17) is 11.6 Å². The molecule has 0 unspecified atom stereocenters. The molecule has 106 valence electrons. The Morgan fingerprint density at radius 1 is 1.16 bits per heavy atom. The molecule has 1 aromatic carbocycles. The van der Waals surface area contributed by atoms with E-state index in [1.165, 1.54) is 31.2 Å². The van der Waals surface area contributed by atoms with Gasteiger partial charge in [0, 0.05) is 10.4 Å². The molecule has 1 aromatic rings. The van der Waals surface area contributed by atoms with Crippen molar-refractivity contribution in [2.75, 3.05) is 12.5 Å². The van der Waals surface area contributed by atoms with Gasteiger partial charge in [-0.3, -0.25) is 0 Å². The summed E-state index contributed by atoms with van der Waals surface area (Å²) >= 11 is 6.05. The van der Waals surface area contributed by atoms with Crippen LogP contribution in [-0.4, -0.2) is 17.8 Å². The van der Waals surface area contributed by atoms with Crippen molar-refractivity contribution >= 4 is 22.5 Å². The maximum absolute atomic E-state index is 6.05. The third-order valence-corrected chi connectivity index (χ3v) is 6.57. The van der Waals surface area contributed by atoms with Gasteiger partial charge in [-0.05, 0) is 53.8 Å². The highest BCUT2D eigenvalue weighted by Gasteiger charge is 2.51. The second kappa shape index (κ2) is 6.10. The fraction of sp³-hybridized carbons (Fsp3) is 0.647. The Morgan fingerprint density at radius 3 is 2.11 bits per heavy atom. The van der Waals surface area contributed by atoms with E-state index < -0.39 is 0 Å². The number of hydrogen-bond donors (Lipinski definition) is 0. The zero-order valence-corrected chi connectivity index (χ0v) is 14.2. The van der Waals surface area contributed by atoms with E-state index in [1.54, 1.807) is 0 Å². The molecule has 0 spiro atoms. The average Bonchev–Trinajstić information content (AvgIpc) is 2.28. The molecule has 1 aliphatic rings. The Balaban J connectivity index is 2.31. The minimum atomic E-state index is 0.432. The molecule has 0 N–H and O–H groups in total. The van der Waals surface area contributed by atoms with Crippen molar-refractivity contribution in [1.29, 1.82) is 0 Å². The molecule has 0 aliphatic heterocycles. The van der Waals surface area contributed by atoms with Crippen LogP contribution in [0.1, 0.15) is 45.1 Å². The summed E-state index contributed by atoms with van der Waals surface area (Å²) in [4.78, 5) is 0. The summed E-state index contributed by atoms with van der Waals surface area (Å²) in [5.74, 6) is 0.782. The van der Waals surface area contributed by atoms with Crippen molar-refractivity contribution in [3.05, 3.63) is 34.9 Å². The van der Waals surface area contributed by atoms with Gasteiger partial charge >= 0.3 is 0 Å². The molecular weight excluding hydrogens is 272 g/mol. The quantitative estimate of drug-likeness (QED) is 0.667. The molecule has 1 atom stereocenters. The first-order valence-corrected chi connectivity index (χ1v) is 9.76. The Morgan fingerprint density at radius 2 is 1.74 bits per heavy atom. The van der Waals surface area contributed by atoms with Crippen molar-refractivity contribution in [1.82, 2.24) is 0 Å². The summed E-state index contributed by atoms with van der Waals surface area (Å²) in [7, 11) is 0.469. The number of benzene rings is 1. The Hall–Kier alpha value is -0.140. The van der Waals surface area contributed by atoms with E-state index in [-0.39, 0.29) is 0 Å². The molecule has 19 heavy (non-hydrogen) atoms. The van der Waals surface area contributed by atoms with Gasteiger partial charge in [-0.1, -0.05) is 44.0 Å². The van der Waals surface area contributed by atoms with Gasteiger partial charge in [-0.2, -0.15) is 0 Å². The standard InChI is InChI=1S/C17H26ClS/c1-13(2)12-16(19(3)4)17(10-5-11-17)14-6-8-15(18)9-7-14/h6-9,13,16H,5,10-12H2,1-4H3/q+1/t16-/m1/s1. The maximum atomic E-state index is 6.05. The largest absolute Gasteiger partial charge is 0.127 e. The molecule has 1 aliphatic carbocycles. The summed E-state index contributed by atoms with van der Waals surface area (Å²) in [6.45, 7) is 4.71. The van der Waals surface area contributed by atoms with E-state index in [9.17, 15) is 0 Å². The van der Waals surface area contributed by atoms with E-state index >= 15 is 0 Å². The molecule has 2 heteroatoms. The summed E-state index contributed by atoms with van der Waals surface area (Å²) in [6.07, 6.45) is 10.3. The Kier molecular flexibility index (Phi) is 4.89. The van der Waals surface area contributed by atoms with Crippen molar-refractivity contribution in [2.45, 2.75) is 50.2 Å². The van der Waals surface area contributed by atoms with E-state index in [1.807, 2.05) is 0 Å². The van der Waals surface area contributed by atoms with Crippen molar-refractivity contribution in [2.24, 2.45) is 5.92 Å². The molecule has 0 amide bonds. The molecule has 2 rings (SSSR count). The fourth-order valence-corrected chi connectivity index (χ4v) is 5.60. The van der Waals surface area contributed by atoms with Crippen LogP contribution in [0.4, 0.5) is 0 Å². The van der Waals surface area contributed by atoms with Crippen LogP contribution in [0.3, 0.4) is 0 Å². The van der Waals surface area contributed by atoms with Crippen LogP contribution in [0, 0.1) is 5.92 Å². The predicted molar refractivity (Wildman–Crippen MR) is 89.4 cm³/mol. The predicted octanol–water partition coefficient (Wildman–Crippen LogP) is 5.05. The molecule has 0 heterocycles. The zero-order chi connectivity index (χ0) is 14.0. The maximum Gasteiger partial charge on any atom is 0.127 e. The van der Waals surface area contributed by atoms with Gasteiger partial charge in [-0.25, -0.2) is 0 Å². The molecule has 1 fully saturated rings. The highest BCUT2D eigenvalue weighted by atomic mass is 35.5. The van der Waals surface area contributed by atoms with Gasteiger partial charge in [-0.15, -0.1) is 0 Å². The monoisotopic (exact) mass is 297 g/mol. The van der Waals surface area contributed by atoms with Gasteiger partial charge in [0.1, 0.15) is 5.25 Å². The molecule has 0 bridgehead atoms. The number of hydrogen-bond acceptors (Lipinski definition) is 0. The van der Waals surface area contributed by atoms with E-state index in [0.717, 1.165) is 16.2 Å². The highest BCUT2D eigenvalue weighted by Crippen LogP contribution is 2.50. The van der Waals surface area contributed by atoms with Gasteiger partial charge in [0.05, 0.1) is 12.5 Å². The lowest BCUT2D eigenvalue weighted by Gasteiger charge is -2.46. The molecule has 0 saturated heterocycles. The first kappa shape index (κ1) is 15.3. The van der Waals surface area contributed by atoms with Crippen LogP contribution in [0.25, 0.3) is 0 Å². The topological polar surface area (TPSA) is 0 Å². The summed E-state index contributed by atoms with van der Waals surface area (Å²) in [5.41, 5.74) is 1.96. The fourth-order valence-electron chi connectivity index (χ4n) is 3.43. The lowest BCUT2D eigenvalue weighted by molar-refractivity contribution is 0.219. The molecule has 0 nitrogen and oxygen atoms in total. The highest BCUT2D eigenvalue weighted by molar-refractivity contribution is 7.96. The van der Waals surface area contributed by atoms with Crippen LogP contribution in [0.15, 0.2) is 24.3 Å². The van der Waals surface area contributed by atoms with Gasteiger partial charge < -0.3 is 0 Å². The number of halogens is 1. The zero-order valence-electron chi connectivity index (χ0n) is 12.6.